The molecule has 1 heterocycles. The molecule has 0 atom stereocenters. The molecule has 0 saturated carbocycles. The van der Waals surface area contributed by atoms with Crippen LogP contribution >= 0.6 is 0 Å². The fourth-order valence-corrected chi connectivity index (χ4v) is 6.23. The Kier molecular flexibility index (Phi) is 4.00. The van der Waals surface area contributed by atoms with Crippen molar-refractivity contribution < 1.29 is 0 Å². The average Bonchev–Trinajstić information content (AvgIpc) is 3.28. The molecule has 1 nitrogen and oxygen atoms in total. The molecule has 36 heavy (non-hydrogen) atoms. The van der Waals surface area contributed by atoms with Gasteiger partial charge in [0.15, 0.2) is 0 Å². The third-order valence-electron chi connectivity index (χ3n) is 7.63. The van der Waals surface area contributed by atoms with E-state index >= 15 is 0 Å². The van der Waals surface area contributed by atoms with Gasteiger partial charge in [0, 0.05) is 22.7 Å². The molecule has 0 spiro atoms. The minimum atomic E-state index is 1.01. The van der Waals surface area contributed by atoms with Crippen LogP contribution in [0, 0.1) is 0 Å². The highest BCUT2D eigenvalue weighted by molar-refractivity contribution is 6.30. The number of hydrogen-bond acceptors (Lipinski definition) is 1. The Balaban J connectivity index is 1.71. The molecule has 7 aromatic rings. The monoisotopic (exact) mass is 455 g/mol. The van der Waals surface area contributed by atoms with Crippen molar-refractivity contribution in [2.75, 3.05) is 0 Å². The highest BCUT2D eigenvalue weighted by Crippen LogP contribution is 2.58. The smallest absolute Gasteiger partial charge is 0.0714 e. The summed E-state index contributed by atoms with van der Waals surface area (Å²) >= 11 is 0. The predicted molar refractivity (Wildman–Crippen MR) is 152 cm³/mol. The molecule has 0 aliphatic heterocycles. The lowest BCUT2D eigenvalue weighted by Gasteiger charge is -2.21. The third-order valence-corrected chi connectivity index (χ3v) is 7.63. The molecule has 0 amide bonds. The predicted octanol–water partition coefficient (Wildman–Crippen LogP) is 9.52. The summed E-state index contributed by atoms with van der Waals surface area (Å²) in [6.07, 6.45) is 1.91. The van der Waals surface area contributed by atoms with Gasteiger partial charge in [0.1, 0.15) is 0 Å². The summed E-state index contributed by atoms with van der Waals surface area (Å²) in [4.78, 5) is 4.91. The molecule has 0 saturated heterocycles. The van der Waals surface area contributed by atoms with Crippen molar-refractivity contribution in [2.45, 2.75) is 0 Å². The molecular formula is C35H21N. The van der Waals surface area contributed by atoms with Crippen LogP contribution < -0.4 is 0 Å². The molecule has 6 aromatic carbocycles. The molecule has 0 unspecified atom stereocenters. The van der Waals surface area contributed by atoms with Crippen molar-refractivity contribution >= 4 is 32.3 Å². The number of hydrogen-bond donors (Lipinski definition) is 0. The molecule has 1 heteroatoms. The van der Waals surface area contributed by atoms with Crippen molar-refractivity contribution in [1.82, 2.24) is 4.98 Å². The summed E-state index contributed by atoms with van der Waals surface area (Å²) in [5.41, 5.74) is 10.00. The van der Waals surface area contributed by atoms with E-state index in [0.717, 1.165) is 5.69 Å². The summed E-state index contributed by atoms with van der Waals surface area (Å²) < 4.78 is 0. The average molecular weight is 456 g/mol. The van der Waals surface area contributed by atoms with E-state index in [1.54, 1.807) is 0 Å². The fourth-order valence-electron chi connectivity index (χ4n) is 6.23. The Morgan fingerprint density at radius 3 is 1.86 bits per heavy atom. The zero-order valence-corrected chi connectivity index (χ0v) is 19.6. The lowest BCUT2D eigenvalue weighted by atomic mass is 9.82. The third kappa shape index (κ3) is 2.57. The van der Waals surface area contributed by atoms with Crippen LogP contribution in [0.25, 0.3) is 77.0 Å². The Labute approximate surface area is 209 Å². The molecule has 1 aliphatic rings. The molecule has 1 aliphatic carbocycles. The second kappa shape index (κ2) is 7.37. The first-order valence-corrected chi connectivity index (χ1v) is 12.4. The summed E-state index contributed by atoms with van der Waals surface area (Å²) in [5.74, 6) is 0. The van der Waals surface area contributed by atoms with Crippen LogP contribution in [-0.2, 0) is 0 Å². The molecule has 0 fully saturated rings. The first kappa shape index (κ1) is 19.5. The van der Waals surface area contributed by atoms with Gasteiger partial charge in [-0.3, -0.25) is 4.98 Å². The molecule has 0 bridgehead atoms. The zero-order valence-electron chi connectivity index (χ0n) is 19.6. The molecule has 166 valence electrons. The Morgan fingerprint density at radius 2 is 1.08 bits per heavy atom. The van der Waals surface area contributed by atoms with Crippen molar-refractivity contribution in [3.05, 3.63) is 128 Å². The lowest BCUT2D eigenvalue weighted by molar-refractivity contribution is 1.33. The van der Waals surface area contributed by atoms with Gasteiger partial charge in [-0.05, 0) is 66.9 Å². The van der Waals surface area contributed by atoms with Gasteiger partial charge in [0.2, 0.25) is 0 Å². The normalized spacial score (nSPS) is 11.9. The number of fused-ring (bicyclic) bond motifs is 6. The van der Waals surface area contributed by atoms with E-state index < -0.39 is 0 Å². The summed E-state index contributed by atoms with van der Waals surface area (Å²) in [7, 11) is 0. The molecule has 0 radical (unpaired) electrons. The Morgan fingerprint density at radius 1 is 0.389 bits per heavy atom. The maximum absolute atomic E-state index is 4.91. The van der Waals surface area contributed by atoms with Crippen LogP contribution in [0.4, 0.5) is 0 Å². The number of nitrogens with zero attached hydrogens (tertiary/aromatic N) is 1. The van der Waals surface area contributed by atoms with Crippen LogP contribution in [-0.4, -0.2) is 4.98 Å². The lowest BCUT2D eigenvalue weighted by Crippen LogP contribution is -1.95. The maximum atomic E-state index is 4.91. The second-order valence-corrected chi connectivity index (χ2v) is 9.50. The van der Waals surface area contributed by atoms with Crippen LogP contribution in [0.3, 0.4) is 0 Å². The van der Waals surface area contributed by atoms with E-state index in [1.807, 2.05) is 12.3 Å². The van der Waals surface area contributed by atoms with Crippen LogP contribution in [0.1, 0.15) is 0 Å². The van der Waals surface area contributed by atoms with Gasteiger partial charge in [-0.15, -0.1) is 0 Å². The van der Waals surface area contributed by atoms with Gasteiger partial charge in [-0.2, -0.15) is 0 Å². The topological polar surface area (TPSA) is 12.9 Å². The van der Waals surface area contributed by atoms with E-state index in [2.05, 4.69) is 115 Å². The van der Waals surface area contributed by atoms with Gasteiger partial charge in [-0.1, -0.05) is 109 Å². The van der Waals surface area contributed by atoms with Crippen molar-refractivity contribution in [3.8, 4) is 44.6 Å². The van der Waals surface area contributed by atoms with E-state index in [9.17, 15) is 0 Å². The molecular weight excluding hydrogens is 434 g/mol. The number of benzene rings is 6. The van der Waals surface area contributed by atoms with E-state index in [4.69, 9.17) is 4.98 Å². The highest BCUT2D eigenvalue weighted by atomic mass is 14.7. The minimum Gasteiger partial charge on any atom is -0.256 e. The Hall–Kier alpha value is -4.75. The standard InChI is InChI=1S/C35H21N/c1-2-11-24(12-3-1)31-28-20-19-22-10-4-5-15-25(22)32(28)35(29-18-6-7-21-36-29)34-27-17-9-14-23-13-8-16-26(30(23)27)33(31)34/h1-21H. The van der Waals surface area contributed by atoms with Crippen molar-refractivity contribution in [3.63, 3.8) is 0 Å². The number of pyridine rings is 1. The molecule has 0 N–H and O–H groups in total. The highest BCUT2D eigenvalue weighted by Gasteiger charge is 2.31. The first-order valence-electron chi connectivity index (χ1n) is 12.4. The van der Waals surface area contributed by atoms with Gasteiger partial charge in [0.25, 0.3) is 0 Å². The molecule has 1 aromatic heterocycles. The largest absolute Gasteiger partial charge is 0.256 e. The van der Waals surface area contributed by atoms with E-state index in [1.165, 1.54) is 71.3 Å². The number of rotatable bonds is 2. The zero-order chi connectivity index (χ0) is 23.6. The minimum absolute atomic E-state index is 1.01. The summed E-state index contributed by atoms with van der Waals surface area (Å²) in [6.45, 7) is 0. The Bertz CT molecular complexity index is 1960. The van der Waals surface area contributed by atoms with Crippen molar-refractivity contribution in [1.29, 1.82) is 0 Å². The first-order chi connectivity index (χ1) is 17.9. The van der Waals surface area contributed by atoms with E-state index in [-0.39, 0.29) is 0 Å². The summed E-state index contributed by atoms with van der Waals surface area (Å²) in [6, 6.07) is 43.9. The van der Waals surface area contributed by atoms with Crippen LogP contribution in [0.5, 0.6) is 0 Å². The van der Waals surface area contributed by atoms with Gasteiger partial charge >= 0.3 is 0 Å². The second-order valence-electron chi connectivity index (χ2n) is 9.50. The van der Waals surface area contributed by atoms with Gasteiger partial charge in [0.05, 0.1) is 5.69 Å². The van der Waals surface area contributed by atoms with Gasteiger partial charge < -0.3 is 0 Å². The van der Waals surface area contributed by atoms with Crippen molar-refractivity contribution in [2.24, 2.45) is 0 Å². The van der Waals surface area contributed by atoms with Gasteiger partial charge in [-0.25, -0.2) is 0 Å². The van der Waals surface area contributed by atoms with Crippen LogP contribution in [0.15, 0.2) is 128 Å². The summed E-state index contributed by atoms with van der Waals surface area (Å²) in [5, 5.41) is 7.66. The number of aromatic nitrogens is 1. The quantitative estimate of drug-likeness (QED) is 0.237. The van der Waals surface area contributed by atoms with E-state index in [0.29, 0.717) is 0 Å². The van der Waals surface area contributed by atoms with Crippen LogP contribution in [0.2, 0.25) is 0 Å². The molecule has 8 rings (SSSR count). The SMILES string of the molecule is c1ccc(-c2c3c(c(-c4ccccn4)c4c2ccc2ccccc24)-c2cccc4cccc-3c24)cc1. The fraction of sp³-hybridized carbons (Fsp3) is 0. The maximum Gasteiger partial charge on any atom is 0.0714 e.